The number of carbonyl (C=O) groups is 4. The van der Waals surface area contributed by atoms with E-state index in [9.17, 15) is 24.3 Å². The zero-order chi connectivity index (χ0) is 25.3. The minimum absolute atomic E-state index is 0.117. The maximum absolute atomic E-state index is 13.2. The van der Waals surface area contributed by atoms with Crippen molar-refractivity contribution in [3.63, 3.8) is 0 Å². The van der Waals surface area contributed by atoms with Crippen molar-refractivity contribution >= 4 is 45.3 Å². The molecule has 9 nitrogen and oxygen atoms in total. The number of rotatable bonds is 3. The molecule has 0 unspecified atom stereocenters. The van der Waals surface area contributed by atoms with Gasteiger partial charge in [0.15, 0.2) is 0 Å². The molecule has 11 heteroatoms. The number of carbonyl (C=O) groups excluding carboxylic acids is 4. The van der Waals surface area contributed by atoms with E-state index in [1.807, 2.05) is 33.8 Å². The van der Waals surface area contributed by atoms with E-state index in [1.165, 1.54) is 10.8 Å². The SMILES string of the molecule is CC(C)C[C@H]1NC(=O)C[C@H]2/C=C/CCSSC[C@@H](NC1=O)C(=O)N[C@H](C(C)C)[C@@H](O)CC(=O)O2. The van der Waals surface area contributed by atoms with Gasteiger partial charge in [0.1, 0.15) is 18.2 Å². The molecule has 0 aliphatic carbocycles. The van der Waals surface area contributed by atoms with Gasteiger partial charge in [0, 0.05) is 11.5 Å². The second-order valence-corrected chi connectivity index (χ2v) is 12.0. The van der Waals surface area contributed by atoms with Gasteiger partial charge in [0.2, 0.25) is 17.7 Å². The third-order valence-corrected chi connectivity index (χ3v) is 7.96. The van der Waals surface area contributed by atoms with Gasteiger partial charge in [-0.1, -0.05) is 55.4 Å². The lowest BCUT2D eigenvalue weighted by Crippen LogP contribution is -2.58. The molecule has 5 atom stereocenters. The van der Waals surface area contributed by atoms with Gasteiger partial charge >= 0.3 is 5.97 Å². The van der Waals surface area contributed by atoms with E-state index in [2.05, 4.69) is 16.0 Å². The summed E-state index contributed by atoms with van der Waals surface area (Å²) >= 11 is 0. The second-order valence-electron chi connectivity index (χ2n) is 9.42. The molecule has 0 saturated carbocycles. The van der Waals surface area contributed by atoms with Gasteiger partial charge in [-0.15, -0.1) is 0 Å². The number of esters is 1. The summed E-state index contributed by atoms with van der Waals surface area (Å²) < 4.78 is 5.51. The molecule has 2 aliphatic heterocycles. The van der Waals surface area contributed by atoms with Gasteiger partial charge in [-0.25, -0.2) is 0 Å². The summed E-state index contributed by atoms with van der Waals surface area (Å²) in [6.07, 6.45) is 2.14. The van der Waals surface area contributed by atoms with Crippen LogP contribution < -0.4 is 16.0 Å². The van der Waals surface area contributed by atoms with Crippen molar-refractivity contribution in [1.82, 2.24) is 16.0 Å². The summed E-state index contributed by atoms with van der Waals surface area (Å²) in [6.45, 7) is 7.54. The van der Waals surface area contributed by atoms with Crippen LogP contribution in [0, 0.1) is 11.8 Å². The minimum atomic E-state index is -1.18. The summed E-state index contributed by atoms with van der Waals surface area (Å²) in [4.78, 5) is 51.7. The number of hydrogen-bond acceptors (Lipinski definition) is 8. The van der Waals surface area contributed by atoms with Crippen molar-refractivity contribution in [3.8, 4) is 0 Å². The van der Waals surface area contributed by atoms with Crippen LogP contribution in [0.25, 0.3) is 0 Å². The summed E-state index contributed by atoms with van der Waals surface area (Å²) in [7, 11) is 3.04. The van der Waals surface area contributed by atoms with Crippen molar-refractivity contribution in [1.29, 1.82) is 0 Å². The van der Waals surface area contributed by atoms with E-state index in [1.54, 1.807) is 16.9 Å². The fourth-order valence-electron chi connectivity index (χ4n) is 3.77. The lowest BCUT2D eigenvalue weighted by atomic mass is 9.96. The fraction of sp³-hybridized carbons (Fsp3) is 0.739. The molecule has 2 heterocycles. The lowest BCUT2D eigenvalue weighted by Gasteiger charge is -2.30. The highest BCUT2D eigenvalue weighted by molar-refractivity contribution is 8.76. The van der Waals surface area contributed by atoms with Gasteiger partial charge in [-0.2, -0.15) is 0 Å². The largest absolute Gasteiger partial charge is 0.457 e. The number of aliphatic hydroxyl groups excluding tert-OH is 1. The van der Waals surface area contributed by atoms with Crippen molar-refractivity contribution in [2.75, 3.05) is 11.5 Å². The molecule has 3 amide bonds. The molecular formula is C23H37N3O6S2. The molecule has 2 rings (SSSR count). The van der Waals surface area contributed by atoms with Gasteiger partial charge in [0.25, 0.3) is 0 Å². The zero-order valence-corrected chi connectivity index (χ0v) is 21.9. The number of ether oxygens (including phenoxy) is 1. The van der Waals surface area contributed by atoms with E-state index in [0.717, 1.165) is 5.75 Å². The van der Waals surface area contributed by atoms with E-state index in [0.29, 0.717) is 18.6 Å². The standard InChI is InChI=1S/C23H37N3O6S2/c1-13(2)9-16-22(30)25-17-12-34-33-8-6-5-7-15(10-19(28)24-16)32-20(29)11-18(27)21(14(3)4)26-23(17)31/h5,7,13-18,21,27H,6,8-12H2,1-4H3,(H,24,28)(H,25,30)(H,26,31)/b7-5+/t15-,16-,17-,18+,21-/m1/s1. The molecule has 1 fully saturated rings. The first-order valence-electron chi connectivity index (χ1n) is 11.8. The molecule has 0 aromatic heterocycles. The van der Waals surface area contributed by atoms with Crippen LogP contribution in [-0.2, 0) is 23.9 Å². The van der Waals surface area contributed by atoms with E-state index < -0.39 is 54.0 Å². The van der Waals surface area contributed by atoms with Crippen molar-refractivity contribution in [3.05, 3.63) is 12.2 Å². The predicted molar refractivity (Wildman–Crippen MR) is 134 cm³/mol. The van der Waals surface area contributed by atoms with Gasteiger partial charge in [-0.05, 0) is 30.8 Å². The fourth-order valence-corrected chi connectivity index (χ4v) is 5.93. The van der Waals surface area contributed by atoms with Gasteiger partial charge < -0.3 is 25.8 Å². The number of aliphatic hydroxyl groups is 1. The molecule has 0 radical (unpaired) electrons. The minimum Gasteiger partial charge on any atom is -0.457 e. The Morgan fingerprint density at radius 3 is 2.44 bits per heavy atom. The third kappa shape index (κ3) is 9.50. The van der Waals surface area contributed by atoms with Crippen LogP contribution in [0.5, 0.6) is 0 Å². The summed E-state index contributed by atoms with van der Waals surface area (Å²) in [5.74, 6) is -0.965. The first kappa shape index (κ1) is 28.5. The van der Waals surface area contributed by atoms with Gasteiger partial charge in [-0.3, -0.25) is 19.2 Å². The number of hydrogen-bond donors (Lipinski definition) is 4. The highest BCUT2D eigenvalue weighted by Gasteiger charge is 2.33. The Labute approximate surface area is 209 Å². The Hall–Kier alpha value is -1.72. The Bertz CT molecular complexity index is 761. The molecule has 192 valence electrons. The van der Waals surface area contributed by atoms with Crippen LogP contribution in [-0.4, -0.2) is 70.6 Å². The van der Waals surface area contributed by atoms with Crippen LogP contribution in [0.2, 0.25) is 0 Å². The van der Waals surface area contributed by atoms with Crippen molar-refractivity contribution < 1.29 is 29.0 Å². The Kier molecular flexibility index (Phi) is 11.7. The molecule has 2 bridgehead atoms. The second kappa shape index (κ2) is 14.0. The van der Waals surface area contributed by atoms with Crippen LogP contribution in [0.1, 0.15) is 53.4 Å². The maximum Gasteiger partial charge on any atom is 0.309 e. The number of nitrogens with one attached hydrogen (secondary N) is 3. The molecule has 0 aromatic carbocycles. The molecular weight excluding hydrogens is 478 g/mol. The predicted octanol–water partition coefficient (Wildman–Crippen LogP) is 1.55. The normalized spacial score (nSPS) is 31.4. The van der Waals surface area contributed by atoms with Crippen molar-refractivity contribution in [2.45, 2.75) is 83.7 Å². The molecule has 1 saturated heterocycles. The van der Waals surface area contributed by atoms with Crippen LogP contribution in [0.3, 0.4) is 0 Å². The number of allylic oxidation sites excluding steroid dienone is 1. The van der Waals surface area contributed by atoms with Gasteiger partial charge in [0.05, 0.1) is 25.0 Å². The summed E-state index contributed by atoms with van der Waals surface area (Å²) in [5, 5.41) is 19.1. The molecule has 2 aliphatic rings. The number of fused-ring (bicyclic) bond motifs is 7. The molecule has 0 spiro atoms. The van der Waals surface area contributed by atoms with Crippen molar-refractivity contribution in [2.24, 2.45) is 11.8 Å². The quantitative estimate of drug-likeness (QED) is 0.253. The maximum atomic E-state index is 13.2. The average molecular weight is 516 g/mol. The number of amides is 3. The highest BCUT2D eigenvalue weighted by atomic mass is 33.1. The van der Waals surface area contributed by atoms with Crippen LogP contribution in [0.15, 0.2) is 12.2 Å². The first-order chi connectivity index (χ1) is 16.1. The van der Waals surface area contributed by atoms with E-state index >= 15 is 0 Å². The summed E-state index contributed by atoms with van der Waals surface area (Å²) in [5.41, 5.74) is 0. The topological polar surface area (TPSA) is 134 Å². The van der Waals surface area contributed by atoms with E-state index in [-0.39, 0.29) is 24.7 Å². The molecule has 4 N–H and O–H groups in total. The Morgan fingerprint density at radius 1 is 1.03 bits per heavy atom. The average Bonchev–Trinajstić information content (AvgIpc) is 2.73. The lowest BCUT2D eigenvalue weighted by molar-refractivity contribution is -0.151. The van der Waals surface area contributed by atoms with E-state index in [4.69, 9.17) is 4.74 Å². The monoisotopic (exact) mass is 515 g/mol. The summed E-state index contributed by atoms with van der Waals surface area (Å²) in [6, 6.07) is -2.41. The van der Waals surface area contributed by atoms with Crippen LogP contribution in [0.4, 0.5) is 0 Å². The Morgan fingerprint density at radius 2 is 1.76 bits per heavy atom. The first-order valence-corrected chi connectivity index (χ1v) is 14.2. The smallest absolute Gasteiger partial charge is 0.309 e. The Balaban J connectivity index is 2.47. The highest BCUT2D eigenvalue weighted by Crippen LogP contribution is 2.24. The third-order valence-electron chi connectivity index (χ3n) is 5.52. The molecule has 34 heavy (non-hydrogen) atoms. The van der Waals surface area contributed by atoms with Crippen LogP contribution >= 0.6 is 21.6 Å². The molecule has 0 aromatic rings. The zero-order valence-electron chi connectivity index (χ0n) is 20.2.